The molecule has 1 aliphatic rings. The van der Waals surface area contributed by atoms with Gasteiger partial charge in [-0.1, -0.05) is 71.5 Å². The number of carbonyl (C=O) groups excluding carboxylic acids is 2. The Morgan fingerprint density at radius 1 is 0.922 bits per heavy atom. The Morgan fingerprint density at radius 2 is 1.71 bits per heavy atom. The quantitative estimate of drug-likeness (QED) is 0.141. The average Bonchev–Trinajstić information content (AvgIpc) is 3.43. The third kappa shape index (κ3) is 7.54. The van der Waals surface area contributed by atoms with Crippen LogP contribution >= 0.6 is 22.9 Å². The zero-order valence-corrected chi connectivity index (χ0v) is 30.0. The summed E-state index contributed by atoms with van der Waals surface area (Å²) < 4.78 is 29.8. The fraction of sp³-hybridized carbons (Fsp3) is 0.231. The van der Waals surface area contributed by atoms with Gasteiger partial charge >= 0.3 is 11.9 Å². The number of allylic oxidation sites excluding steroid dienone is 1. The molecule has 1 aliphatic heterocycles. The Labute approximate surface area is 302 Å². The molecule has 6 rings (SSSR count). The van der Waals surface area contributed by atoms with Crippen molar-refractivity contribution < 1.29 is 33.3 Å². The minimum absolute atomic E-state index is 0.133. The van der Waals surface area contributed by atoms with Crippen LogP contribution in [0.3, 0.4) is 0 Å². The van der Waals surface area contributed by atoms with Crippen molar-refractivity contribution in [2.24, 2.45) is 4.99 Å². The summed E-state index contributed by atoms with van der Waals surface area (Å²) in [6.45, 7) is 5.64. The van der Waals surface area contributed by atoms with Crippen LogP contribution in [0.5, 0.6) is 17.2 Å². The molecule has 0 unspecified atom stereocenters. The number of benzene rings is 4. The third-order valence-corrected chi connectivity index (χ3v) is 9.41. The molecular formula is C39H35ClN2O8S. The molecule has 51 heavy (non-hydrogen) atoms. The fourth-order valence-corrected chi connectivity index (χ4v) is 7.08. The molecule has 12 heteroatoms. The highest BCUT2D eigenvalue weighted by Crippen LogP contribution is 2.36. The monoisotopic (exact) mass is 726 g/mol. The summed E-state index contributed by atoms with van der Waals surface area (Å²) in [5.74, 6) is 0.0150. The topological polar surface area (TPSA) is 115 Å². The maximum atomic E-state index is 14.4. The number of thiazole rings is 1. The van der Waals surface area contributed by atoms with Crippen LogP contribution in [0.1, 0.15) is 43.5 Å². The summed E-state index contributed by atoms with van der Waals surface area (Å²) in [5.41, 5.74) is 2.43. The first kappa shape index (κ1) is 35.4. The van der Waals surface area contributed by atoms with Crippen LogP contribution in [0.25, 0.3) is 16.8 Å². The minimum atomic E-state index is -0.905. The van der Waals surface area contributed by atoms with Gasteiger partial charge in [0.05, 0.1) is 42.2 Å². The van der Waals surface area contributed by atoms with Gasteiger partial charge in [-0.25, -0.2) is 14.6 Å². The summed E-state index contributed by atoms with van der Waals surface area (Å²) in [5, 5.41) is 2.68. The van der Waals surface area contributed by atoms with E-state index in [0.717, 1.165) is 16.3 Å². The number of rotatable bonds is 12. The molecule has 0 saturated carbocycles. The summed E-state index contributed by atoms with van der Waals surface area (Å²) in [6.07, 6.45) is 1.73. The van der Waals surface area contributed by atoms with Crippen molar-refractivity contribution in [3.8, 4) is 17.2 Å². The molecule has 5 aromatic rings. The lowest BCUT2D eigenvalue weighted by Gasteiger charge is -2.25. The fourth-order valence-electron chi connectivity index (χ4n) is 5.86. The second-order valence-electron chi connectivity index (χ2n) is 11.4. The van der Waals surface area contributed by atoms with E-state index in [4.69, 9.17) is 35.3 Å². The number of nitrogens with zero attached hydrogens (tertiary/aromatic N) is 2. The number of esters is 2. The Hall–Kier alpha value is -5.39. The van der Waals surface area contributed by atoms with Gasteiger partial charge in [-0.05, 0) is 79.1 Å². The molecule has 4 aromatic carbocycles. The summed E-state index contributed by atoms with van der Waals surface area (Å²) >= 11 is 7.63. The van der Waals surface area contributed by atoms with E-state index >= 15 is 0 Å². The lowest BCUT2D eigenvalue weighted by atomic mass is 9.95. The first-order valence-electron chi connectivity index (χ1n) is 16.3. The number of halogens is 1. The number of fused-ring (bicyclic) bond motifs is 2. The van der Waals surface area contributed by atoms with Crippen molar-refractivity contribution in [1.29, 1.82) is 0 Å². The molecule has 1 atom stereocenters. The van der Waals surface area contributed by atoms with Gasteiger partial charge in [0.25, 0.3) is 5.56 Å². The largest absolute Gasteiger partial charge is 0.490 e. The average molecular weight is 727 g/mol. The van der Waals surface area contributed by atoms with Gasteiger partial charge in [-0.15, -0.1) is 0 Å². The Bertz CT molecular complexity index is 2340. The molecule has 262 valence electrons. The molecule has 0 spiro atoms. The van der Waals surface area contributed by atoms with E-state index in [-0.39, 0.29) is 24.3 Å². The second kappa shape index (κ2) is 15.7. The van der Waals surface area contributed by atoms with E-state index in [2.05, 4.69) is 23.2 Å². The van der Waals surface area contributed by atoms with E-state index in [9.17, 15) is 14.4 Å². The molecule has 0 aliphatic carbocycles. The highest BCUT2D eigenvalue weighted by molar-refractivity contribution is 7.07. The number of hydrogen-bond donors (Lipinski definition) is 0. The van der Waals surface area contributed by atoms with Crippen LogP contribution in [0, 0.1) is 0 Å². The summed E-state index contributed by atoms with van der Waals surface area (Å²) in [6, 6.07) is 23.6. The highest BCUT2D eigenvalue weighted by atomic mass is 35.5. The number of hydrogen-bond acceptors (Lipinski definition) is 10. The molecule has 0 radical (unpaired) electrons. The van der Waals surface area contributed by atoms with E-state index < -0.39 is 18.0 Å². The molecular weight excluding hydrogens is 692 g/mol. The van der Waals surface area contributed by atoms with Gasteiger partial charge in [0.15, 0.2) is 22.9 Å². The minimum Gasteiger partial charge on any atom is -0.490 e. The number of ether oxygens (including phenoxy) is 5. The lowest BCUT2D eigenvalue weighted by molar-refractivity contribution is -0.143. The van der Waals surface area contributed by atoms with Crippen molar-refractivity contribution in [1.82, 2.24) is 4.57 Å². The van der Waals surface area contributed by atoms with Crippen molar-refractivity contribution in [2.45, 2.75) is 33.4 Å². The Kier molecular flexibility index (Phi) is 10.9. The SMILES string of the molecule is CCOC(=O)C1=C(C)N=c2s/c(=C/c3cc(Cl)ccc3OCc3cccc4ccccc34)c(=O)n2[C@H]1c1ccc(OCC(=O)OC)c(OCC)c1. The second-order valence-corrected chi connectivity index (χ2v) is 12.9. The van der Waals surface area contributed by atoms with E-state index in [0.29, 0.717) is 61.6 Å². The van der Waals surface area contributed by atoms with Crippen molar-refractivity contribution in [2.75, 3.05) is 26.9 Å². The first-order chi connectivity index (χ1) is 24.7. The van der Waals surface area contributed by atoms with Gasteiger partial charge in [-0.2, -0.15) is 0 Å². The zero-order valence-electron chi connectivity index (χ0n) is 28.4. The lowest BCUT2D eigenvalue weighted by Crippen LogP contribution is -2.40. The maximum Gasteiger partial charge on any atom is 0.343 e. The van der Waals surface area contributed by atoms with Crippen molar-refractivity contribution in [3.63, 3.8) is 0 Å². The highest BCUT2D eigenvalue weighted by Gasteiger charge is 2.34. The van der Waals surface area contributed by atoms with Crippen LogP contribution in [0.4, 0.5) is 0 Å². The number of carbonyl (C=O) groups is 2. The van der Waals surface area contributed by atoms with Gasteiger partial charge in [0.1, 0.15) is 12.4 Å². The summed E-state index contributed by atoms with van der Waals surface area (Å²) in [7, 11) is 1.27. The first-order valence-corrected chi connectivity index (χ1v) is 17.5. The van der Waals surface area contributed by atoms with Gasteiger partial charge in [0.2, 0.25) is 0 Å². The Morgan fingerprint density at radius 3 is 2.49 bits per heavy atom. The van der Waals surface area contributed by atoms with Gasteiger partial charge in [-0.3, -0.25) is 9.36 Å². The molecule has 0 bridgehead atoms. The smallest absolute Gasteiger partial charge is 0.343 e. The standard InChI is InChI=1S/C39H35ClN2O8S/c1-5-47-32-19-25(14-16-31(32)50-22-34(43)46-4)36-35(38(45)48-6-2)23(3)41-39-42(36)37(44)33(51-39)20-27-18-28(40)15-17-30(27)49-21-26-12-9-11-24-10-7-8-13-29(24)26/h7-20,36H,5-6,21-22H2,1-4H3/b33-20+/t36-/m0/s1. The predicted octanol–water partition coefficient (Wildman–Crippen LogP) is 6.13. The maximum absolute atomic E-state index is 14.4. The zero-order chi connectivity index (χ0) is 36.1. The summed E-state index contributed by atoms with van der Waals surface area (Å²) in [4.78, 5) is 44.7. The predicted molar refractivity (Wildman–Crippen MR) is 195 cm³/mol. The van der Waals surface area contributed by atoms with E-state index in [1.165, 1.54) is 23.0 Å². The van der Waals surface area contributed by atoms with E-state index in [1.54, 1.807) is 56.3 Å². The number of methoxy groups -OCH3 is 1. The third-order valence-electron chi connectivity index (χ3n) is 8.20. The van der Waals surface area contributed by atoms with Crippen LogP contribution in [0.2, 0.25) is 5.02 Å². The van der Waals surface area contributed by atoms with Crippen molar-refractivity contribution in [3.05, 3.63) is 132 Å². The van der Waals surface area contributed by atoms with Crippen LogP contribution in [-0.2, 0) is 25.7 Å². The van der Waals surface area contributed by atoms with Crippen molar-refractivity contribution >= 4 is 51.7 Å². The molecule has 0 amide bonds. The van der Waals surface area contributed by atoms with E-state index in [1.807, 2.05) is 31.2 Å². The number of aromatic nitrogens is 1. The normalized spacial score (nSPS) is 14.1. The van der Waals surface area contributed by atoms with Gasteiger partial charge in [0, 0.05) is 10.6 Å². The molecule has 2 heterocycles. The van der Waals surface area contributed by atoms with Gasteiger partial charge < -0.3 is 23.7 Å². The van der Waals surface area contributed by atoms with Crippen LogP contribution in [-0.4, -0.2) is 43.4 Å². The molecule has 0 saturated heterocycles. The molecule has 0 N–H and O–H groups in total. The molecule has 1 aromatic heterocycles. The van der Waals surface area contributed by atoms with Crippen LogP contribution < -0.4 is 29.1 Å². The Balaban J connectivity index is 1.44. The molecule has 10 nitrogen and oxygen atoms in total. The molecule has 0 fully saturated rings. The van der Waals surface area contributed by atoms with Crippen LogP contribution in [0.15, 0.2) is 99.9 Å².